The molecule has 0 saturated heterocycles. The van der Waals surface area contributed by atoms with Gasteiger partial charge in [0.25, 0.3) is 0 Å². The number of hydrogen-bond donors (Lipinski definition) is 0. The van der Waals surface area contributed by atoms with Crippen LogP contribution in [0, 0.1) is 13.8 Å². The Labute approximate surface area is 159 Å². The van der Waals surface area contributed by atoms with Gasteiger partial charge in [0.2, 0.25) is 15.8 Å². The normalized spacial score (nSPS) is 12.7. The highest BCUT2D eigenvalue weighted by atomic mass is 32.2. The first-order valence-corrected chi connectivity index (χ1v) is 9.83. The molecule has 0 aliphatic rings. The van der Waals surface area contributed by atoms with Crippen molar-refractivity contribution < 1.29 is 22.7 Å². The molecular formula is C20H23NO5S. The molecule has 6 nitrogen and oxygen atoms in total. The number of esters is 1. The van der Waals surface area contributed by atoms with E-state index in [-0.39, 0.29) is 16.2 Å². The number of sulfonamides is 1. The second-order valence-corrected chi connectivity index (χ2v) is 8.68. The van der Waals surface area contributed by atoms with Crippen molar-refractivity contribution in [1.82, 2.24) is 4.31 Å². The lowest BCUT2D eigenvalue weighted by molar-refractivity contribution is 0.0318. The zero-order valence-corrected chi connectivity index (χ0v) is 16.8. The summed E-state index contributed by atoms with van der Waals surface area (Å²) in [5.41, 5.74) is 2.57. The number of nitrogens with zero attached hydrogens (tertiary/aromatic N) is 1. The topological polar surface area (TPSA) is 80.8 Å². The lowest BCUT2D eigenvalue weighted by atomic mass is 10.0. The summed E-state index contributed by atoms with van der Waals surface area (Å²) >= 11 is 0. The average Bonchev–Trinajstić information content (AvgIpc) is 2.63. The first kappa shape index (κ1) is 20.8. The van der Waals surface area contributed by atoms with Crippen LogP contribution in [0.2, 0.25) is 0 Å². The van der Waals surface area contributed by atoms with Crippen LogP contribution < -0.4 is 0 Å². The third kappa shape index (κ3) is 4.61. The van der Waals surface area contributed by atoms with E-state index in [1.165, 1.54) is 45.3 Å². The third-order valence-electron chi connectivity index (χ3n) is 4.29. The lowest BCUT2D eigenvalue weighted by Gasteiger charge is -2.15. The van der Waals surface area contributed by atoms with Gasteiger partial charge in [-0.2, -0.15) is 0 Å². The van der Waals surface area contributed by atoms with Gasteiger partial charge < -0.3 is 4.74 Å². The van der Waals surface area contributed by atoms with Gasteiger partial charge in [-0.3, -0.25) is 4.79 Å². The predicted octanol–water partition coefficient (Wildman–Crippen LogP) is 2.98. The monoisotopic (exact) mass is 389 g/mol. The molecule has 0 aliphatic heterocycles. The van der Waals surface area contributed by atoms with Crippen LogP contribution in [-0.2, 0) is 14.8 Å². The molecule has 1 atom stereocenters. The number of aryl methyl sites for hydroxylation is 2. The van der Waals surface area contributed by atoms with Crippen LogP contribution >= 0.6 is 0 Å². The Balaban J connectivity index is 2.19. The minimum absolute atomic E-state index is 0.0184. The van der Waals surface area contributed by atoms with Gasteiger partial charge >= 0.3 is 5.97 Å². The van der Waals surface area contributed by atoms with Gasteiger partial charge in [0, 0.05) is 19.7 Å². The number of carbonyl (C=O) groups is 2. The molecule has 0 N–H and O–H groups in total. The van der Waals surface area contributed by atoms with Gasteiger partial charge in [0.1, 0.15) is 0 Å². The van der Waals surface area contributed by atoms with E-state index < -0.39 is 22.1 Å². The average molecular weight is 389 g/mol. The Kier molecular flexibility index (Phi) is 6.18. The maximum absolute atomic E-state index is 12.5. The van der Waals surface area contributed by atoms with E-state index >= 15 is 0 Å². The Bertz CT molecular complexity index is 980. The van der Waals surface area contributed by atoms with Gasteiger partial charge in [-0.05, 0) is 56.2 Å². The van der Waals surface area contributed by atoms with E-state index in [4.69, 9.17) is 4.74 Å². The number of carbonyl (C=O) groups excluding carboxylic acids is 2. The predicted molar refractivity (Wildman–Crippen MR) is 102 cm³/mol. The zero-order valence-electron chi connectivity index (χ0n) is 16.0. The molecule has 27 heavy (non-hydrogen) atoms. The summed E-state index contributed by atoms with van der Waals surface area (Å²) in [6, 6.07) is 10.8. The van der Waals surface area contributed by atoms with E-state index in [2.05, 4.69) is 0 Å². The van der Waals surface area contributed by atoms with Gasteiger partial charge in [0.05, 0.1) is 10.5 Å². The van der Waals surface area contributed by atoms with Crippen molar-refractivity contribution in [2.75, 3.05) is 14.1 Å². The summed E-state index contributed by atoms with van der Waals surface area (Å²) in [7, 11) is -0.856. The molecule has 0 unspecified atom stereocenters. The summed E-state index contributed by atoms with van der Waals surface area (Å²) in [4.78, 5) is 24.9. The molecule has 0 radical (unpaired) electrons. The van der Waals surface area contributed by atoms with Gasteiger partial charge in [-0.1, -0.05) is 18.2 Å². The molecule has 0 bridgehead atoms. The minimum atomic E-state index is -3.67. The molecule has 0 fully saturated rings. The zero-order chi connectivity index (χ0) is 20.4. The molecule has 0 heterocycles. The number of hydrogen-bond acceptors (Lipinski definition) is 5. The fraction of sp³-hybridized carbons (Fsp3) is 0.300. The fourth-order valence-corrected chi connectivity index (χ4v) is 3.35. The van der Waals surface area contributed by atoms with Crippen molar-refractivity contribution in [3.63, 3.8) is 0 Å². The summed E-state index contributed by atoms with van der Waals surface area (Å²) < 4.78 is 30.7. The SMILES string of the molecule is Cc1ccc(C(=O)[C@H](C)OC(=O)c2cccc(S(=O)(=O)N(C)C)c2)cc1C. The number of ether oxygens (including phenoxy) is 1. The number of Topliss-reactive ketones (excluding diaryl/α,β-unsaturated/α-hetero) is 1. The maximum Gasteiger partial charge on any atom is 0.338 e. The van der Waals surface area contributed by atoms with Crippen LogP contribution in [0.25, 0.3) is 0 Å². The second-order valence-electron chi connectivity index (χ2n) is 6.53. The summed E-state index contributed by atoms with van der Waals surface area (Å²) in [6.45, 7) is 5.34. The van der Waals surface area contributed by atoms with Crippen molar-refractivity contribution in [3.05, 3.63) is 64.7 Å². The molecule has 0 aliphatic carbocycles. The van der Waals surface area contributed by atoms with Crippen molar-refractivity contribution in [2.24, 2.45) is 0 Å². The number of ketones is 1. The second kappa shape index (κ2) is 8.02. The molecule has 0 spiro atoms. The molecule has 0 aromatic heterocycles. The molecule has 144 valence electrons. The van der Waals surface area contributed by atoms with Crippen molar-refractivity contribution >= 4 is 21.8 Å². The van der Waals surface area contributed by atoms with Crippen LogP contribution in [0.15, 0.2) is 47.4 Å². The maximum atomic E-state index is 12.5. The Morgan fingerprint density at radius 1 is 0.963 bits per heavy atom. The van der Waals surface area contributed by atoms with Crippen molar-refractivity contribution in [3.8, 4) is 0 Å². The quantitative estimate of drug-likeness (QED) is 0.560. The van der Waals surface area contributed by atoms with Gasteiger partial charge in [0.15, 0.2) is 6.10 Å². The highest BCUT2D eigenvalue weighted by Crippen LogP contribution is 2.17. The van der Waals surface area contributed by atoms with Gasteiger partial charge in [-0.15, -0.1) is 0 Å². The molecular weight excluding hydrogens is 366 g/mol. The molecule has 2 aromatic carbocycles. The molecule has 2 aromatic rings. The summed E-state index contributed by atoms with van der Waals surface area (Å²) in [5, 5.41) is 0. The van der Waals surface area contributed by atoms with Crippen LogP contribution in [-0.4, -0.2) is 44.7 Å². The Morgan fingerprint density at radius 3 is 2.22 bits per heavy atom. The molecule has 0 amide bonds. The van der Waals surface area contributed by atoms with E-state index in [0.717, 1.165) is 15.4 Å². The van der Waals surface area contributed by atoms with E-state index in [9.17, 15) is 18.0 Å². The third-order valence-corrected chi connectivity index (χ3v) is 6.10. The van der Waals surface area contributed by atoms with Crippen molar-refractivity contribution in [2.45, 2.75) is 31.8 Å². The number of rotatable bonds is 6. The first-order chi connectivity index (χ1) is 12.5. The van der Waals surface area contributed by atoms with Crippen molar-refractivity contribution in [1.29, 1.82) is 0 Å². The highest BCUT2D eigenvalue weighted by molar-refractivity contribution is 7.89. The molecule has 0 saturated carbocycles. The largest absolute Gasteiger partial charge is 0.451 e. The summed E-state index contributed by atoms with van der Waals surface area (Å²) in [5.74, 6) is -1.07. The smallest absolute Gasteiger partial charge is 0.338 e. The first-order valence-electron chi connectivity index (χ1n) is 8.39. The molecule has 7 heteroatoms. The minimum Gasteiger partial charge on any atom is -0.451 e. The van der Waals surface area contributed by atoms with Crippen LogP contribution in [0.1, 0.15) is 38.8 Å². The Hall–Kier alpha value is -2.51. The lowest BCUT2D eigenvalue weighted by Crippen LogP contribution is -2.25. The van der Waals surface area contributed by atoms with Crippen LogP contribution in [0.5, 0.6) is 0 Å². The Morgan fingerprint density at radius 2 is 1.63 bits per heavy atom. The van der Waals surface area contributed by atoms with Gasteiger partial charge in [-0.25, -0.2) is 17.5 Å². The van der Waals surface area contributed by atoms with Crippen LogP contribution in [0.4, 0.5) is 0 Å². The van der Waals surface area contributed by atoms with E-state index in [1.807, 2.05) is 19.9 Å². The van der Waals surface area contributed by atoms with E-state index in [1.54, 1.807) is 12.1 Å². The number of benzene rings is 2. The molecule has 2 rings (SSSR count). The standard InChI is InChI=1S/C20H23NO5S/c1-13-9-10-16(11-14(13)2)19(22)15(3)26-20(23)17-7-6-8-18(12-17)27(24,25)21(4)5/h6-12,15H,1-5H3/t15-/m0/s1. The fourth-order valence-electron chi connectivity index (χ4n) is 2.41. The highest BCUT2D eigenvalue weighted by Gasteiger charge is 2.23. The van der Waals surface area contributed by atoms with E-state index in [0.29, 0.717) is 5.56 Å². The van der Waals surface area contributed by atoms with Crippen LogP contribution in [0.3, 0.4) is 0 Å². The summed E-state index contributed by atoms with van der Waals surface area (Å²) in [6.07, 6.45) is -0.992.